The first-order chi connectivity index (χ1) is 9.31. The molecule has 1 aliphatic heterocycles. The van der Waals surface area contributed by atoms with Crippen LogP contribution in [0.5, 0.6) is 0 Å². The van der Waals surface area contributed by atoms with Crippen LogP contribution >= 0.6 is 0 Å². The van der Waals surface area contributed by atoms with Crippen LogP contribution in [0, 0.1) is 0 Å². The Bertz CT molecular complexity index is 595. The summed E-state index contributed by atoms with van der Waals surface area (Å²) in [4.78, 5) is 16.7. The molecule has 19 heavy (non-hydrogen) atoms. The zero-order valence-electron chi connectivity index (χ0n) is 11.0. The van der Waals surface area contributed by atoms with E-state index in [0.717, 1.165) is 37.1 Å². The molecule has 1 aliphatic rings. The van der Waals surface area contributed by atoms with E-state index in [-0.39, 0.29) is 5.69 Å². The maximum atomic E-state index is 11.2. The first kappa shape index (κ1) is 12.4. The van der Waals surface area contributed by atoms with Crippen molar-refractivity contribution < 1.29 is 0 Å². The molecule has 1 aromatic heterocycles. The van der Waals surface area contributed by atoms with E-state index < -0.39 is 0 Å². The Morgan fingerprint density at radius 2 is 2.16 bits per heavy atom. The molecule has 102 valence electrons. The molecule has 0 bridgehead atoms. The molecule has 0 saturated carbocycles. The van der Waals surface area contributed by atoms with Crippen LogP contribution in [-0.4, -0.2) is 35.6 Å². The van der Waals surface area contributed by atoms with Gasteiger partial charge in [0.05, 0.1) is 11.0 Å². The Morgan fingerprint density at radius 1 is 1.26 bits per heavy atom. The van der Waals surface area contributed by atoms with Gasteiger partial charge in [-0.2, -0.15) is 0 Å². The topological polar surface area (TPSA) is 72.7 Å². The third-order valence-corrected chi connectivity index (χ3v) is 3.72. The predicted octanol–water partition coefficient (Wildman–Crippen LogP) is 0.740. The molecular weight excluding hydrogens is 240 g/mol. The van der Waals surface area contributed by atoms with E-state index >= 15 is 0 Å². The molecule has 2 heterocycles. The number of fused-ring (bicyclic) bond motifs is 1. The van der Waals surface area contributed by atoms with Gasteiger partial charge in [0.2, 0.25) is 0 Å². The van der Waals surface area contributed by atoms with Crippen molar-refractivity contribution in [3.05, 3.63) is 34.2 Å². The molecule has 0 amide bonds. The summed E-state index contributed by atoms with van der Waals surface area (Å²) in [6.07, 6.45) is 3.56. The van der Waals surface area contributed by atoms with E-state index in [1.165, 1.54) is 18.4 Å². The van der Waals surface area contributed by atoms with Gasteiger partial charge in [0.15, 0.2) is 0 Å². The standard InChI is InChI=1S/C14H20N4O/c19-14-17-12-4-3-10(8-13(12)18-14)5-7-15-9-11-2-1-6-16-11/h3-4,8,11,15-16H,1-2,5-7,9H2,(H2,17,18,19). The first-order valence-electron chi connectivity index (χ1n) is 6.96. The van der Waals surface area contributed by atoms with Gasteiger partial charge in [-0.15, -0.1) is 0 Å². The van der Waals surface area contributed by atoms with Gasteiger partial charge in [0.1, 0.15) is 0 Å². The average molecular weight is 260 g/mol. The van der Waals surface area contributed by atoms with Crippen LogP contribution < -0.4 is 16.3 Å². The summed E-state index contributed by atoms with van der Waals surface area (Å²) in [7, 11) is 0. The predicted molar refractivity (Wildman–Crippen MR) is 76.5 cm³/mol. The molecule has 2 aromatic rings. The summed E-state index contributed by atoms with van der Waals surface area (Å²) in [6.45, 7) is 3.17. The van der Waals surface area contributed by atoms with E-state index in [9.17, 15) is 4.79 Å². The highest BCUT2D eigenvalue weighted by atomic mass is 16.1. The lowest BCUT2D eigenvalue weighted by atomic mass is 10.1. The first-order valence-corrected chi connectivity index (χ1v) is 6.96. The van der Waals surface area contributed by atoms with Crippen molar-refractivity contribution in [2.24, 2.45) is 0 Å². The highest BCUT2D eigenvalue weighted by molar-refractivity contribution is 5.74. The quantitative estimate of drug-likeness (QED) is 0.599. The van der Waals surface area contributed by atoms with E-state index in [2.05, 4.69) is 26.7 Å². The lowest BCUT2D eigenvalue weighted by Crippen LogP contribution is -2.34. The monoisotopic (exact) mass is 260 g/mol. The van der Waals surface area contributed by atoms with Crippen molar-refractivity contribution in [3.63, 3.8) is 0 Å². The molecule has 0 spiro atoms. The summed E-state index contributed by atoms with van der Waals surface area (Å²) < 4.78 is 0. The Kier molecular flexibility index (Phi) is 3.66. The van der Waals surface area contributed by atoms with Gasteiger partial charge >= 0.3 is 5.69 Å². The van der Waals surface area contributed by atoms with Crippen molar-refractivity contribution in [2.45, 2.75) is 25.3 Å². The van der Waals surface area contributed by atoms with Crippen LogP contribution in [0.25, 0.3) is 11.0 Å². The van der Waals surface area contributed by atoms with Crippen LogP contribution in [0.2, 0.25) is 0 Å². The smallest absolute Gasteiger partial charge is 0.315 e. The number of hydrogen-bond acceptors (Lipinski definition) is 3. The van der Waals surface area contributed by atoms with Gasteiger partial charge in [-0.05, 0) is 50.0 Å². The number of nitrogens with one attached hydrogen (secondary N) is 4. The van der Waals surface area contributed by atoms with Crippen LogP contribution in [0.15, 0.2) is 23.0 Å². The second-order valence-corrected chi connectivity index (χ2v) is 5.21. The van der Waals surface area contributed by atoms with Gasteiger partial charge in [-0.25, -0.2) is 4.79 Å². The molecule has 5 heteroatoms. The SMILES string of the molecule is O=c1[nH]c2ccc(CCNCC3CCCN3)cc2[nH]1. The largest absolute Gasteiger partial charge is 0.323 e. The normalized spacial score (nSPS) is 19.3. The maximum absolute atomic E-state index is 11.2. The number of benzene rings is 1. The van der Waals surface area contributed by atoms with Crippen LogP contribution in [-0.2, 0) is 6.42 Å². The fourth-order valence-corrected chi connectivity index (χ4v) is 2.68. The maximum Gasteiger partial charge on any atom is 0.323 e. The minimum Gasteiger partial charge on any atom is -0.315 e. The van der Waals surface area contributed by atoms with Crippen molar-refractivity contribution in [3.8, 4) is 0 Å². The summed E-state index contributed by atoms with van der Waals surface area (Å²) in [5.74, 6) is 0. The van der Waals surface area contributed by atoms with Gasteiger partial charge in [0, 0.05) is 12.6 Å². The van der Waals surface area contributed by atoms with Crippen molar-refractivity contribution >= 4 is 11.0 Å². The van der Waals surface area contributed by atoms with Crippen LogP contribution in [0.4, 0.5) is 0 Å². The zero-order valence-corrected chi connectivity index (χ0v) is 11.0. The molecule has 5 nitrogen and oxygen atoms in total. The second kappa shape index (κ2) is 5.59. The van der Waals surface area contributed by atoms with Gasteiger partial charge in [0.25, 0.3) is 0 Å². The summed E-state index contributed by atoms with van der Waals surface area (Å²) in [5, 5.41) is 6.96. The van der Waals surface area contributed by atoms with E-state index in [1.807, 2.05) is 12.1 Å². The van der Waals surface area contributed by atoms with Crippen molar-refractivity contribution in [2.75, 3.05) is 19.6 Å². The van der Waals surface area contributed by atoms with Crippen LogP contribution in [0.1, 0.15) is 18.4 Å². The third kappa shape index (κ3) is 3.05. The van der Waals surface area contributed by atoms with E-state index in [0.29, 0.717) is 6.04 Å². The van der Waals surface area contributed by atoms with E-state index in [1.54, 1.807) is 0 Å². The molecule has 1 unspecified atom stereocenters. The molecule has 1 atom stereocenters. The third-order valence-electron chi connectivity index (χ3n) is 3.72. The zero-order chi connectivity index (χ0) is 13.1. The number of aromatic amines is 2. The highest BCUT2D eigenvalue weighted by Gasteiger charge is 2.12. The number of H-pyrrole nitrogens is 2. The van der Waals surface area contributed by atoms with Crippen LogP contribution in [0.3, 0.4) is 0 Å². The van der Waals surface area contributed by atoms with Crippen molar-refractivity contribution in [1.29, 1.82) is 0 Å². The number of aromatic nitrogens is 2. The average Bonchev–Trinajstić information content (AvgIpc) is 3.02. The number of imidazole rings is 1. The highest BCUT2D eigenvalue weighted by Crippen LogP contribution is 2.10. The number of hydrogen-bond donors (Lipinski definition) is 4. The molecule has 3 rings (SSSR count). The lowest BCUT2D eigenvalue weighted by Gasteiger charge is -2.11. The van der Waals surface area contributed by atoms with Gasteiger partial charge in [-0.1, -0.05) is 6.07 Å². The molecule has 0 radical (unpaired) electrons. The minimum absolute atomic E-state index is 0.141. The Morgan fingerprint density at radius 3 is 3.00 bits per heavy atom. The van der Waals surface area contributed by atoms with E-state index in [4.69, 9.17) is 0 Å². The molecule has 4 N–H and O–H groups in total. The fraction of sp³-hybridized carbons (Fsp3) is 0.500. The minimum atomic E-state index is -0.141. The lowest BCUT2D eigenvalue weighted by molar-refractivity contribution is 0.538. The van der Waals surface area contributed by atoms with Gasteiger partial charge < -0.3 is 20.6 Å². The molecule has 1 fully saturated rings. The Balaban J connectivity index is 1.51. The summed E-state index contributed by atoms with van der Waals surface area (Å²) in [5.41, 5.74) is 2.86. The summed E-state index contributed by atoms with van der Waals surface area (Å²) in [6, 6.07) is 6.72. The van der Waals surface area contributed by atoms with Gasteiger partial charge in [-0.3, -0.25) is 0 Å². The Hall–Kier alpha value is -1.59. The summed E-state index contributed by atoms with van der Waals surface area (Å²) >= 11 is 0. The molecular formula is C14H20N4O. The molecule has 1 saturated heterocycles. The number of rotatable bonds is 5. The van der Waals surface area contributed by atoms with Crippen molar-refractivity contribution in [1.82, 2.24) is 20.6 Å². The molecule has 1 aromatic carbocycles. The fourth-order valence-electron chi connectivity index (χ4n) is 2.68. The second-order valence-electron chi connectivity index (χ2n) is 5.21. The Labute approximate surface area is 111 Å². The molecule has 0 aliphatic carbocycles.